The summed E-state index contributed by atoms with van der Waals surface area (Å²) in [5, 5.41) is 7.70. The summed E-state index contributed by atoms with van der Waals surface area (Å²) in [6.07, 6.45) is 0.305. The molecule has 1 amide bonds. The lowest BCUT2D eigenvalue weighted by Crippen LogP contribution is -2.25. The smallest absolute Gasteiger partial charge is 0.252 e. The van der Waals surface area contributed by atoms with Gasteiger partial charge in [0.1, 0.15) is 12.4 Å². The zero-order valence-electron chi connectivity index (χ0n) is 21.1. The summed E-state index contributed by atoms with van der Waals surface area (Å²) in [4.78, 5) is 21.9. The number of carbonyl (C=O) groups is 1. The van der Waals surface area contributed by atoms with E-state index in [1.165, 1.54) is 5.56 Å². The van der Waals surface area contributed by atoms with Gasteiger partial charge in [0.25, 0.3) is 5.95 Å². The molecule has 2 aromatic heterocycles. The van der Waals surface area contributed by atoms with Gasteiger partial charge < -0.3 is 14.8 Å². The lowest BCUT2D eigenvalue weighted by molar-refractivity contribution is -0.116. The molecule has 0 fully saturated rings. The second-order valence-corrected chi connectivity index (χ2v) is 9.20. The fourth-order valence-corrected chi connectivity index (χ4v) is 4.76. The van der Waals surface area contributed by atoms with Crippen molar-refractivity contribution in [2.75, 3.05) is 12.4 Å². The molecule has 184 valence electrons. The lowest BCUT2D eigenvalue weighted by Gasteiger charge is -2.25. The van der Waals surface area contributed by atoms with Crippen LogP contribution in [0.25, 0.3) is 5.95 Å². The Morgan fingerprint density at radius 3 is 2.50 bits per heavy atom. The van der Waals surface area contributed by atoms with E-state index in [1.54, 1.807) is 11.8 Å². The minimum absolute atomic E-state index is 0.0863. The number of hydrogen-bond donors (Lipinski definition) is 1. The number of benzene rings is 2. The maximum atomic E-state index is 12.8. The number of ether oxygens (including phenoxy) is 2. The third-order valence-electron chi connectivity index (χ3n) is 6.33. The SMILES string of the molecule is COc1cc([C@@H]2CC(=O)Nc3c2c(C)nn3-c2nc(C)cc(C)n2)ccc1OCc1cccc(C)c1. The summed E-state index contributed by atoms with van der Waals surface area (Å²) in [6.45, 7) is 8.27. The van der Waals surface area contributed by atoms with E-state index in [4.69, 9.17) is 14.6 Å². The number of nitrogens with zero attached hydrogens (tertiary/aromatic N) is 4. The highest BCUT2D eigenvalue weighted by atomic mass is 16.5. The molecule has 1 aliphatic heterocycles. The van der Waals surface area contributed by atoms with Crippen LogP contribution in [-0.2, 0) is 11.4 Å². The van der Waals surface area contributed by atoms with E-state index >= 15 is 0 Å². The third-order valence-corrected chi connectivity index (χ3v) is 6.33. The van der Waals surface area contributed by atoms with Gasteiger partial charge in [0, 0.05) is 29.3 Å². The molecule has 0 saturated heterocycles. The van der Waals surface area contributed by atoms with Gasteiger partial charge in [-0.2, -0.15) is 9.78 Å². The molecule has 1 aliphatic rings. The second kappa shape index (κ2) is 9.45. The average Bonchev–Trinajstić information content (AvgIpc) is 3.17. The Labute approximate surface area is 210 Å². The highest BCUT2D eigenvalue weighted by Gasteiger charge is 2.33. The van der Waals surface area contributed by atoms with Crippen molar-refractivity contribution in [3.63, 3.8) is 0 Å². The zero-order valence-corrected chi connectivity index (χ0v) is 21.1. The molecule has 1 N–H and O–H groups in total. The topological polar surface area (TPSA) is 91.2 Å². The number of fused-ring (bicyclic) bond motifs is 1. The van der Waals surface area contributed by atoms with Gasteiger partial charge in [-0.25, -0.2) is 9.97 Å². The highest BCUT2D eigenvalue weighted by molar-refractivity contribution is 5.95. The predicted molar refractivity (Wildman–Crippen MR) is 137 cm³/mol. The standard InChI is InChI=1S/C28H29N5O3/c1-16-7-6-8-20(11-16)15-36-23-10-9-21(13-24(23)35-5)22-14-25(34)31-27-26(22)19(4)32-33(27)28-29-17(2)12-18(3)30-28/h6-13,22H,14-15H2,1-5H3,(H,31,34)/t22-/m0/s1. The van der Waals surface area contributed by atoms with Crippen molar-refractivity contribution >= 4 is 11.7 Å². The van der Waals surface area contributed by atoms with Gasteiger partial charge in [-0.15, -0.1) is 0 Å². The number of methoxy groups -OCH3 is 1. The summed E-state index contributed by atoms with van der Waals surface area (Å²) in [7, 11) is 1.62. The van der Waals surface area contributed by atoms with Crippen molar-refractivity contribution in [1.29, 1.82) is 0 Å². The predicted octanol–water partition coefficient (Wildman–Crippen LogP) is 4.96. The van der Waals surface area contributed by atoms with Crippen LogP contribution in [-0.4, -0.2) is 32.8 Å². The number of hydrogen-bond acceptors (Lipinski definition) is 6. The molecular weight excluding hydrogens is 454 g/mol. The Hall–Kier alpha value is -4.20. The molecule has 36 heavy (non-hydrogen) atoms. The highest BCUT2D eigenvalue weighted by Crippen LogP contribution is 2.42. The fraction of sp³-hybridized carbons (Fsp3) is 0.286. The zero-order chi connectivity index (χ0) is 25.4. The largest absolute Gasteiger partial charge is 0.493 e. The summed E-state index contributed by atoms with van der Waals surface area (Å²) in [5.74, 6) is 2.05. The van der Waals surface area contributed by atoms with Gasteiger partial charge in [-0.3, -0.25) is 4.79 Å². The van der Waals surface area contributed by atoms with E-state index in [9.17, 15) is 4.79 Å². The van der Waals surface area contributed by atoms with Gasteiger partial charge in [-0.1, -0.05) is 35.9 Å². The molecule has 8 heteroatoms. The number of anilines is 1. The molecule has 1 atom stereocenters. The second-order valence-electron chi connectivity index (χ2n) is 9.20. The van der Waals surface area contributed by atoms with Crippen molar-refractivity contribution in [2.24, 2.45) is 0 Å². The van der Waals surface area contributed by atoms with Crippen molar-refractivity contribution in [1.82, 2.24) is 19.7 Å². The van der Waals surface area contributed by atoms with Gasteiger partial charge in [0.15, 0.2) is 11.5 Å². The van der Waals surface area contributed by atoms with Crippen molar-refractivity contribution in [3.8, 4) is 17.4 Å². The Balaban J connectivity index is 1.49. The van der Waals surface area contributed by atoms with E-state index in [-0.39, 0.29) is 11.8 Å². The molecule has 0 bridgehead atoms. The summed E-state index contributed by atoms with van der Waals surface area (Å²) < 4.78 is 13.4. The molecule has 0 spiro atoms. The van der Waals surface area contributed by atoms with E-state index in [2.05, 4.69) is 34.3 Å². The Bertz CT molecular complexity index is 1440. The quantitative estimate of drug-likeness (QED) is 0.417. The molecule has 0 unspecified atom stereocenters. The third kappa shape index (κ3) is 4.54. The first-order valence-corrected chi connectivity index (χ1v) is 11.9. The Kier molecular flexibility index (Phi) is 6.18. The minimum Gasteiger partial charge on any atom is -0.493 e. The van der Waals surface area contributed by atoms with Crippen LogP contribution in [0.15, 0.2) is 48.5 Å². The minimum atomic E-state index is -0.187. The Morgan fingerprint density at radius 1 is 1.00 bits per heavy atom. The number of aromatic nitrogens is 4. The number of amides is 1. The molecule has 3 heterocycles. The molecule has 8 nitrogen and oxygen atoms in total. The molecular formula is C28H29N5O3. The first-order chi connectivity index (χ1) is 17.3. The number of carbonyl (C=O) groups excluding carboxylic acids is 1. The monoisotopic (exact) mass is 483 g/mol. The van der Waals surface area contributed by atoms with E-state index < -0.39 is 0 Å². The van der Waals surface area contributed by atoms with Crippen molar-refractivity contribution in [3.05, 3.63) is 87.9 Å². The van der Waals surface area contributed by atoms with E-state index in [1.807, 2.05) is 57.2 Å². The average molecular weight is 484 g/mol. The number of rotatable bonds is 6. The maximum Gasteiger partial charge on any atom is 0.252 e. The molecule has 0 saturated carbocycles. The van der Waals surface area contributed by atoms with Gasteiger partial charge in [-0.05, 0) is 57.0 Å². The summed E-state index contributed by atoms with van der Waals surface area (Å²) in [6, 6.07) is 16.0. The van der Waals surface area contributed by atoms with Gasteiger partial charge in [0.2, 0.25) is 5.91 Å². The summed E-state index contributed by atoms with van der Waals surface area (Å²) in [5.41, 5.74) is 6.67. The van der Waals surface area contributed by atoms with Crippen LogP contribution in [0.1, 0.15) is 51.7 Å². The summed E-state index contributed by atoms with van der Waals surface area (Å²) >= 11 is 0. The Morgan fingerprint density at radius 2 is 1.78 bits per heavy atom. The maximum absolute atomic E-state index is 12.8. The van der Waals surface area contributed by atoms with E-state index in [0.29, 0.717) is 36.3 Å². The van der Waals surface area contributed by atoms with E-state index in [0.717, 1.165) is 33.8 Å². The van der Waals surface area contributed by atoms with Crippen LogP contribution >= 0.6 is 0 Å². The van der Waals surface area contributed by atoms with Gasteiger partial charge in [0.05, 0.1) is 12.8 Å². The first kappa shape index (κ1) is 23.5. The molecule has 0 radical (unpaired) electrons. The van der Waals surface area contributed by atoms with Gasteiger partial charge >= 0.3 is 0 Å². The van der Waals surface area contributed by atoms with Crippen molar-refractivity contribution < 1.29 is 14.3 Å². The molecule has 5 rings (SSSR count). The number of nitrogens with one attached hydrogen (secondary N) is 1. The van der Waals surface area contributed by atoms with Crippen LogP contribution in [0.3, 0.4) is 0 Å². The number of aryl methyl sites for hydroxylation is 4. The van der Waals surface area contributed by atoms with Crippen LogP contribution < -0.4 is 14.8 Å². The lowest BCUT2D eigenvalue weighted by atomic mass is 9.85. The molecule has 0 aliphatic carbocycles. The normalized spacial score (nSPS) is 14.8. The fourth-order valence-electron chi connectivity index (χ4n) is 4.76. The van der Waals surface area contributed by atoms with Crippen LogP contribution in [0.2, 0.25) is 0 Å². The van der Waals surface area contributed by atoms with Crippen molar-refractivity contribution in [2.45, 2.75) is 46.6 Å². The van der Waals surface area contributed by atoms with Crippen LogP contribution in [0.4, 0.5) is 5.82 Å². The van der Waals surface area contributed by atoms with Crippen LogP contribution in [0.5, 0.6) is 11.5 Å². The van der Waals surface area contributed by atoms with Crippen LogP contribution in [0, 0.1) is 27.7 Å². The first-order valence-electron chi connectivity index (χ1n) is 11.9. The molecule has 2 aromatic carbocycles. The molecule has 4 aromatic rings.